The quantitative estimate of drug-likeness (QED) is 0.237. The van der Waals surface area contributed by atoms with Crippen molar-refractivity contribution < 1.29 is 26.2 Å². The maximum atomic E-state index is 12.8. The first-order valence-corrected chi connectivity index (χ1v) is 14.2. The van der Waals surface area contributed by atoms with Crippen LogP contribution in [-0.4, -0.2) is 45.6 Å². The first-order chi connectivity index (χ1) is 15.2. The molecule has 1 aromatic carbocycles. The minimum absolute atomic E-state index is 0.0443. The van der Waals surface area contributed by atoms with Gasteiger partial charge < -0.3 is 5.32 Å². The summed E-state index contributed by atoms with van der Waals surface area (Å²) in [5.74, 6) is 0.486. The van der Waals surface area contributed by atoms with Crippen LogP contribution in [0.5, 0.6) is 0 Å². The molecule has 2 saturated carbocycles. The lowest BCUT2D eigenvalue weighted by molar-refractivity contribution is -0.121. The number of hydrogen-bond donors (Lipinski definition) is 3. The fourth-order valence-electron chi connectivity index (χ4n) is 4.94. The summed E-state index contributed by atoms with van der Waals surface area (Å²) in [4.78, 5) is 12.0. The van der Waals surface area contributed by atoms with E-state index >= 15 is 0 Å². The van der Waals surface area contributed by atoms with Crippen molar-refractivity contribution >= 4 is 26.0 Å². The average molecular weight is 485 g/mol. The van der Waals surface area contributed by atoms with Crippen molar-refractivity contribution in [2.45, 2.75) is 55.9 Å². The summed E-state index contributed by atoms with van der Waals surface area (Å²) in [6.07, 6.45) is 9.85. The highest BCUT2D eigenvalue weighted by Gasteiger charge is 2.48. The van der Waals surface area contributed by atoms with Crippen molar-refractivity contribution in [1.29, 1.82) is 0 Å². The van der Waals surface area contributed by atoms with Gasteiger partial charge in [-0.05, 0) is 68.4 Å². The van der Waals surface area contributed by atoms with Crippen molar-refractivity contribution in [3.05, 3.63) is 42.5 Å². The van der Waals surface area contributed by atoms with Crippen LogP contribution in [0.3, 0.4) is 0 Å². The molecule has 0 spiro atoms. The predicted octanol–water partition coefficient (Wildman–Crippen LogP) is 2.50. The number of carbonyl (C=O) groups excluding carboxylic acids is 1. The van der Waals surface area contributed by atoms with E-state index in [1.165, 1.54) is 0 Å². The molecular formula is C22H32N2O6S2. The number of rotatable bonds is 12. The second-order valence-corrected chi connectivity index (χ2v) is 12.0. The first-order valence-electron chi connectivity index (χ1n) is 11.1. The highest BCUT2D eigenvalue weighted by Crippen LogP contribution is 2.50. The highest BCUT2D eigenvalue weighted by molar-refractivity contribution is 7.89. The van der Waals surface area contributed by atoms with E-state index in [-0.39, 0.29) is 30.8 Å². The fraction of sp³-hybridized carbons (Fsp3) is 0.591. The summed E-state index contributed by atoms with van der Waals surface area (Å²) in [6, 6.07) is 8.44. The Morgan fingerprint density at radius 1 is 1.06 bits per heavy atom. The normalized spacial score (nSPS) is 25.4. The van der Waals surface area contributed by atoms with Crippen LogP contribution in [0.1, 0.15) is 44.9 Å². The smallest absolute Gasteiger partial charge is 0.266 e. The molecule has 3 N–H and O–H groups in total. The van der Waals surface area contributed by atoms with Crippen LogP contribution in [0.2, 0.25) is 0 Å². The second kappa shape index (κ2) is 10.9. The summed E-state index contributed by atoms with van der Waals surface area (Å²) in [7, 11) is -7.60. The van der Waals surface area contributed by atoms with E-state index in [0.717, 1.165) is 25.7 Å². The van der Waals surface area contributed by atoms with E-state index in [9.17, 15) is 21.6 Å². The molecule has 2 fully saturated rings. The number of unbranched alkanes of at least 4 members (excludes halogenated alkanes) is 1. The van der Waals surface area contributed by atoms with Gasteiger partial charge in [0.25, 0.3) is 10.1 Å². The Kier molecular flexibility index (Phi) is 8.49. The standard InChI is InChI=1S/C22H32N2O6S2/c25-21(23-14-15-31(26,27)28)11-7-2-1-6-10-20-17-12-13-18(16-17)22(20)24-32(29,30)19-8-4-3-5-9-19/h1,3-6,8-9,17-18,20,22,24H,2,7,10-16H2,(H,23,25)(H,26,27,28)/b6-1-/t17-,18+,20+,22+/m1/s1. The van der Waals surface area contributed by atoms with E-state index in [1.54, 1.807) is 30.3 Å². The van der Waals surface area contributed by atoms with Gasteiger partial charge in [0, 0.05) is 19.0 Å². The van der Waals surface area contributed by atoms with Crippen LogP contribution in [0.25, 0.3) is 0 Å². The lowest BCUT2D eigenvalue weighted by Gasteiger charge is -2.31. The first kappa shape index (κ1) is 24.9. The number of sulfonamides is 1. The Bertz CT molecular complexity index is 1010. The van der Waals surface area contributed by atoms with Gasteiger partial charge in [-0.15, -0.1) is 0 Å². The van der Waals surface area contributed by atoms with Crippen molar-refractivity contribution in [1.82, 2.24) is 10.0 Å². The van der Waals surface area contributed by atoms with Gasteiger partial charge in [-0.3, -0.25) is 9.35 Å². The van der Waals surface area contributed by atoms with Crippen LogP contribution in [0.15, 0.2) is 47.4 Å². The largest absolute Gasteiger partial charge is 0.355 e. The Morgan fingerprint density at radius 3 is 2.50 bits per heavy atom. The summed E-state index contributed by atoms with van der Waals surface area (Å²) < 4.78 is 58.5. The van der Waals surface area contributed by atoms with Gasteiger partial charge in [0.05, 0.1) is 10.6 Å². The van der Waals surface area contributed by atoms with Gasteiger partial charge in [-0.2, -0.15) is 8.42 Å². The van der Waals surface area contributed by atoms with Crippen molar-refractivity contribution in [2.24, 2.45) is 17.8 Å². The topological polar surface area (TPSA) is 130 Å². The molecule has 3 rings (SSSR count). The number of allylic oxidation sites excluding steroid dienone is 2. The Morgan fingerprint density at radius 2 is 1.78 bits per heavy atom. The number of hydrogen-bond acceptors (Lipinski definition) is 5. The maximum Gasteiger partial charge on any atom is 0.266 e. The Labute approximate surface area is 190 Å². The van der Waals surface area contributed by atoms with Crippen LogP contribution in [0, 0.1) is 17.8 Å². The lowest BCUT2D eigenvalue weighted by Crippen LogP contribution is -2.43. The summed E-state index contributed by atoms with van der Waals surface area (Å²) in [5.41, 5.74) is 0. The molecule has 8 nitrogen and oxygen atoms in total. The van der Waals surface area contributed by atoms with Crippen LogP contribution >= 0.6 is 0 Å². The van der Waals surface area contributed by atoms with Gasteiger partial charge in [0.2, 0.25) is 15.9 Å². The highest BCUT2D eigenvalue weighted by atomic mass is 32.2. The van der Waals surface area contributed by atoms with E-state index in [2.05, 4.69) is 16.1 Å². The van der Waals surface area contributed by atoms with E-state index in [4.69, 9.17) is 4.55 Å². The number of amides is 1. The Balaban J connectivity index is 1.43. The Hall–Kier alpha value is -1.75. The molecule has 0 aliphatic heterocycles. The molecule has 1 aromatic rings. The van der Waals surface area contributed by atoms with Crippen molar-refractivity contribution in [2.75, 3.05) is 12.3 Å². The van der Waals surface area contributed by atoms with Gasteiger partial charge in [-0.25, -0.2) is 13.1 Å². The molecule has 2 bridgehead atoms. The zero-order chi connectivity index (χ0) is 23.2. The molecule has 10 heteroatoms. The van der Waals surface area contributed by atoms with Crippen molar-refractivity contribution in [3.63, 3.8) is 0 Å². The molecule has 0 saturated heterocycles. The molecule has 0 radical (unpaired) electrons. The third kappa shape index (κ3) is 7.13. The molecule has 32 heavy (non-hydrogen) atoms. The van der Waals surface area contributed by atoms with Crippen LogP contribution in [-0.2, 0) is 24.9 Å². The van der Waals surface area contributed by atoms with Gasteiger partial charge in [-0.1, -0.05) is 30.4 Å². The summed E-state index contributed by atoms with van der Waals surface area (Å²) in [5, 5.41) is 2.47. The second-order valence-electron chi connectivity index (χ2n) is 8.69. The zero-order valence-electron chi connectivity index (χ0n) is 18.0. The lowest BCUT2D eigenvalue weighted by atomic mass is 9.83. The molecule has 0 unspecified atom stereocenters. The number of benzene rings is 1. The number of carbonyl (C=O) groups is 1. The zero-order valence-corrected chi connectivity index (χ0v) is 19.7. The minimum Gasteiger partial charge on any atom is -0.355 e. The molecule has 178 valence electrons. The molecule has 1 amide bonds. The molecule has 2 aliphatic rings. The molecule has 0 aromatic heterocycles. The summed E-state index contributed by atoms with van der Waals surface area (Å²) >= 11 is 0. The third-order valence-electron chi connectivity index (χ3n) is 6.46. The van der Waals surface area contributed by atoms with Crippen LogP contribution < -0.4 is 10.0 Å². The summed E-state index contributed by atoms with van der Waals surface area (Å²) in [6.45, 7) is -0.0992. The molecule has 2 aliphatic carbocycles. The minimum atomic E-state index is -4.06. The molecule has 4 atom stereocenters. The SMILES string of the molecule is O=C(CCC/C=C\C[C@H]1[C@@H]2CC[C@@H](C2)[C@@H]1NS(=O)(=O)c1ccccc1)NCCS(=O)(=O)O. The van der Waals surface area contributed by atoms with Gasteiger partial charge >= 0.3 is 0 Å². The van der Waals surface area contributed by atoms with E-state index in [1.807, 2.05) is 6.08 Å². The number of fused-ring (bicyclic) bond motifs is 2. The monoisotopic (exact) mass is 484 g/mol. The van der Waals surface area contributed by atoms with Gasteiger partial charge in [0.1, 0.15) is 0 Å². The average Bonchev–Trinajstić information content (AvgIpc) is 3.32. The predicted molar refractivity (Wildman–Crippen MR) is 122 cm³/mol. The molecular weight excluding hydrogens is 452 g/mol. The van der Waals surface area contributed by atoms with E-state index < -0.39 is 25.9 Å². The fourth-order valence-corrected chi connectivity index (χ4v) is 6.68. The third-order valence-corrected chi connectivity index (χ3v) is 8.66. The molecule has 0 heterocycles. The van der Waals surface area contributed by atoms with Crippen LogP contribution in [0.4, 0.5) is 0 Å². The number of nitrogens with one attached hydrogen (secondary N) is 2. The van der Waals surface area contributed by atoms with Crippen molar-refractivity contribution in [3.8, 4) is 0 Å². The van der Waals surface area contributed by atoms with E-state index in [0.29, 0.717) is 29.6 Å². The van der Waals surface area contributed by atoms with Gasteiger partial charge in [0.15, 0.2) is 0 Å². The maximum absolute atomic E-state index is 12.8.